The van der Waals surface area contributed by atoms with Crippen LogP contribution in [0.2, 0.25) is 18.1 Å². The van der Waals surface area contributed by atoms with Crippen molar-refractivity contribution in [3.05, 3.63) is 12.2 Å². The first-order valence-electron chi connectivity index (χ1n) is 7.42. The molecule has 0 bridgehead atoms. The fourth-order valence-corrected chi connectivity index (χ4v) is 2.59. The van der Waals surface area contributed by atoms with Crippen molar-refractivity contribution in [3.63, 3.8) is 0 Å². The maximum Gasteiger partial charge on any atom is 0.319 e. The van der Waals surface area contributed by atoms with Crippen LogP contribution < -0.4 is 0 Å². The highest BCUT2D eigenvalue weighted by Crippen LogP contribution is 2.36. The Labute approximate surface area is 145 Å². The van der Waals surface area contributed by atoms with Crippen LogP contribution in [0.25, 0.3) is 0 Å². The molecule has 3 nitrogen and oxygen atoms in total. The van der Waals surface area contributed by atoms with Crippen molar-refractivity contribution >= 4 is 36.9 Å². The average Bonchev–Trinajstić information content (AvgIpc) is 2.24. The zero-order valence-electron chi connectivity index (χ0n) is 14.7. The highest BCUT2D eigenvalue weighted by Gasteiger charge is 2.36. The van der Waals surface area contributed by atoms with Gasteiger partial charge in [0.15, 0.2) is 8.32 Å². The summed E-state index contributed by atoms with van der Waals surface area (Å²) in [4.78, 5) is 11.8. The van der Waals surface area contributed by atoms with Gasteiger partial charge in [0.1, 0.15) is 9.53 Å². The van der Waals surface area contributed by atoms with Gasteiger partial charge in [-0.1, -0.05) is 55.5 Å². The highest BCUT2D eigenvalue weighted by molar-refractivity contribution is 14.1. The second-order valence-electron chi connectivity index (χ2n) is 7.78. The molecule has 21 heavy (non-hydrogen) atoms. The zero-order chi connectivity index (χ0) is 16.9. The van der Waals surface area contributed by atoms with E-state index in [1.54, 1.807) is 0 Å². The standard InChI is InChI=1S/C16H31IO3Si/c1-15(2,3)20-14(18)13(17)11-9-10-12-19-21(7,8)16(4,5)6/h9-10,13H,11-12H2,1-8H3/b10-9+. The molecule has 0 aliphatic heterocycles. The third kappa shape index (κ3) is 8.98. The number of rotatable bonds is 6. The van der Waals surface area contributed by atoms with E-state index in [0.29, 0.717) is 13.0 Å². The zero-order valence-corrected chi connectivity index (χ0v) is 17.9. The Kier molecular flexibility index (Phi) is 8.15. The number of halogens is 1. The summed E-state index contributed by atoms with van der Waals surface area (Å²) in [5, 5.41) is 0.225. The fourth-order valence-electron chi connectivity index (χ4n) is 1.22. The van der Waals surface area contributed by atoms with Gasteiger partial charge in [-0.25, -0.2) is 0 Å². The molecule has 1 atom stereocenters. The molecule has 0 aromatic heterocycles. The van der Waals surface area contributed by atoms with E-state index in [1.807, 2.05) is 32.9 Å². The molecule has 0 rings (SSSR count). The van der Waals surface area contributed by atoms with E-state index in [1.165, 1.54) is 0 Å². The van der Waals surface area contributed by atoms with Gasteiger partial charge < -0.3 is 9.16 Å². The number of hydrogen-bond donors (Lipinski definition) is 0. The number of carbonyl (C=O) groups excluding carboxylic acids is 1. The molecule has 0 fully saturated rings. The van der Waals surface area contributed by atoms with Gasteiger partial charge in [0.2, 0.25) is 0 Å². The number of alkyl halides is 1. The SMILES string of the molecule is CC(C)(C)OC(=O)C(I)C/C=C/CO[Si](C)(C)C(C)(C)C. The van der Waals surface area contributed by atoms with E-state index in [4.69, 9.17) is 9.16 Å². The van der Waals surface area contributed by atoms with Gasteiger partial charge >= 0.3 is 5.97 Å². The van der Waals surface area contributed by atoms with Gasteiger partial charge in [0, 0.05) is 0 Å². The Morgan fingerprint density at radius 3 is 2.10 bits per heavy atom. The normalized spacial score (nSPS) is 15.3. The van der Waals surface area contributed by atoms with Crippen molar-refractivity contribution in [2.24, 2.45) is 0 Å². The first-order chi connectivity index (χ1) is 9.26. The molecule has 0 spiro atoms. The van der Waals surface area contributed by atoms with E-state index < -0.39 is 13.9 Å². The van der Waals surface area contributed by atoms with Crippen LogP contribution in [0.1, 0.15) is 48.0 Å². The molecule has 0 heterocycles. The van der Waals surface area contributed by atoms with Crippen molar-refractivity contribution in [3.8, 4) is 0 Å². The molecule has 0 saturated heterocycles. The lowest BCUT2D eigenvalue weighted by molar-refractivity contribution is -0.153. The summed E-state index contributed by atoms with van der Waals surface area (Å²) in [6, 6.07) is 0. The van der Waals surface area contributed by atoms with E-state index >= 15 is 0 Å². The molecular formula is C16H31IO3Si. The molecule has 1 unspecified atom stereocenters. The number of hydrogen-bond acceptors (Lipinski definition) is 3. The first-order valence-corrected chi connectivity index (χ1v) is 11.6. The van der Waals surface area contributed by atoms with Crippen LogP contribution in [0.5, 0.6) is 0 Å². The monoisotopic (exact) mass is 426 g/mol. The molecule has 0 aromatic carbocycles. The molecule has 0 aromatic rings. The quantitative estimate of drug-likeness (QED) is 0.195. The summed E-state index contributed by atoms with van der Waals surface area (Å²) in [7, 11) is -1.68. The molecule has 5 heteroatoms. The smallest absolute Gasteiger partial charge is 0.319 e. The van der Waals surface area contributed by atoms with Gasteiger partial charge in [-0.3, -0.25) is 4.79 Å². The Bertz CT molecular complexity index is 365. The third-order valence-electron chi connectivity index (χ3n) is 3.52. The topological polar surface area (TPSA) is 35.5 Å². The lowest BCUT2D eigenvalue weighted by Gasteiger charge is -2.35. The highest BCUT2D eigenvalue weighted by atomic mass is 127. The molecule has 0 N–H and O–H groups in total. The molecule has 0 radical (unpaired) electrons. The van der Waals surface area contributed by atoms with E-state index in [0.717, 1.165) is 0 Å². The molecule has 0 saturated carbocycles. The van der Waals surface area contributed by atoms with Crippen LogP contribution in [0.3, 0.4) is 0 Å². The summed E-state index contributed by atoms with van der Waals surface area (Å²) >= 11 is 2.13. The predicted octanol–water partition coefficient (Wildman–Crippen LogP) is 5.10. The van der Waals surface area contributed by atoms with Crippen LogP contribution in [-0.4, -0.2) is 30.4 Å². The number of esters is 1. The molecule has 0 amide bonds. The van der Waals surface area contributed by atoms with Crippen molar-refractivity contribution in [2.45, 2.75) is 75.6 Å². The molecular weight excluding hydrogens is 395 g/mol. The average molecular weight is 426 g/mol. The Morgan fingerprint density at radius 2 is 1.67 bits per heavy atom. The van der Waals surface area contributed by atoms with Crippen molar-refractivity contribution in [1.82, 2.24) is 0 Å². The first kappa shape index (κ1) is 21.1. The summed E-state index contributed by atoms with van der Waals surface area (Å²) in [6.07, 6.45) is 4.70. The Hall–Kier alpha value is 0.117. The summed E-state index contributed by atoms with van der Waals surface area (Å²) in [5.74, 6) is -0.155. The maximum absolute atomic E-state index is 11.8. The van der Waals surface area contributed by atoms with Gasteiger partial charge in [0.05, 0.1) is 6.61 Å². The minimum Gasteiger partial charge on any atom is -0.459 e. The van der Waals surface area contributed by atoms with Crippen molar-refractivity contribution in [1.29, 1.82) is 0 Å². The van der Waals surface area contributed by atoms with Gasteiger partial charge in [0.25, 0.3) is 0 Å². The number of ether oxygens (including phenoxy) is 1. The second kappa shape index (κ2) is 8.11. The van der Waals surface area contributed by atoms with Gasteiger partial charge in [-0.2, -0.15) is 0 Å². The Morgan fingerprint density at radius 1 is 1.14 bits per heavy atom. The molecule has 0 aliphatic carbocycles. The van der Waals surface area contributed by atoms with E-state index in [-0.39, 0.29) is 14.9 Å². The summed E-state index contributed by atoms with van der Waals surface area (Å²) in [5.41, 5.74) is -0.421. The maximum atomic E-state index is 11.8. The van der Waals surface area contributed by atoms with Gasteiger partial charge in [-0.05, 0) is 45.3 Å². The lowest BCUT2D eigenvalue weighted by Crippen LogP contribution is -2.40. The van der Waals surface area contributed by atoms with Crippen LogP contribution in [-0.2, 0) is 14.0 Å². The summed E-state index contributed by atoms with van der Waals surface area (Å²) in [6.45, 7) is 17.4. The van der Waals surface area contributed by atoms with Crippen molar-refractivity contribution < 1.29 is 14.0 Å². The van der Waals surface area contributed by atoms with Crippen LogP contribution >= 0.6 is 22.6 Å². The predicted molar refractivity (Wildman–Crippen MR) is 101 cm³/mol. The molecule has 0 aliphatic rings. The fraction of sp³-hybridized carbons (Fsp3) is 0.812. The van der Waals surface area contributed by atoms with Crippen molar-refractivity contribution in [2.75, 3.05) is 6.61 Å². The minimum atomic E-state index is -1.68. The molecule has 124 valence electrons. The second-order valence-corrected chi connectivity index (χ2v) is 14.1. The number of allylic oxidation sites excluding steroid dienone is 1. The van der Waals surface area contributed by atoms with E-state index in [9.17, 15) is 4.79 Å². The van der Waals surface area contributed by atoms with Crippen LogP contribution in [0, 0.1) is 0 Å². The van der Waals surface area contributed by atoms with E-state index in [2.05, 4.69) is 56.5 Å². The van der Waals surface area contributed by atoms with Crippen LogP contribution in [0.15, 0.2) is 12.2 Å². The minimum absolute atomic E-state index is 0.147. The van der Waals surface area contributed by atoms with Crippen LogP contribution in [0.4, 0.5) is 0 Å². The third-order valence-corrected chi connectivity index (χ3v) is 9.04. The summed E-state index contributed by atoms with van der Waals surface area (Å²) < 4.78 is 11.3. The lowest BCUT2D eigenvalue weighted by atomic mass is 10.2. The Balaban J connectivity index is 4.16. The van der Waals surface area contributed by atoms with Gasteiger partial charge in [-0.15, -0.1) is 0 Å². The largest absolute Gasteiger partial charge is 0.459 e. The number of carbonyl (C=O) groups is 1.